The van der Waals surface area contributed by atoms with Gasteiger partial charge >= 0.3 is 0 Å². The predicted octanol–water partition coefficient (Wildman–Crippen LogP) is 1.50. The second-order valence-electron chi connectivity index (χ2n) is 4.54. The van der Waals surface area contributed by atoms with Crippen LogP contribution >= 0.6 is 0 Å². The molecule has 2 N–H and O–H groups in total. The fourth-order valence-corrected chi connectivity index (χ4v) is 3.03. The van der Waals surface area contributed by atoms with Crippen molar-refractivity contribution in [2.24, 2.45) is 0 Å². The van der Waals surface area contributed by atoms with Gasteiger partial charge in [0, 0.05) is 0 Å². The first-order valence-corrected chi connectivity index (χ1v) is 9.68. The first-order valence-electron chi connectivity index (χ1n) is 6.72. The molecule has 0 saturated heterocycles. The summed E-state index contributed by atoms with van der Waals surface area (Å²) in [6.45, 7) is 1.91. The van der Waals surface area contributed by atoms with E-state index >= 15 is 0 Å². The molecule has 2 aromatic rings. The molecular weight excluding hydrogens is 336 g/mol. The smallest absolute Gasteiger partial charge is 0.214 e. The van der Waals surface area contributed by atoms with Crippen LogP contribution in [-0.4, -0.2) is 30.9 Å². The third-order valence-corrected chi connectivity index (χ3v) is 5.78. The van der Waals surface area contributed by atoms with Crippen molar-refractivity contribution in [2.45, 2.75) is 16.7 Å². The van der Waals surface area contributed by atoms with Gasteiger partial charge in [-0.3, -0.25) is 0 Å². The summed E-state index contributed by atoms with van der Waals surface area (Å²) in [4.78, 5) is 0.595. The fourth-order valence-electron chi connectivity index (χ4n) is 1.55. The summed E-state index contributed by atoms with van der Waals surface area (Å²) < 4.78 is 49.1. The third kappa shape index (κ3) is 5.76. The maximum absolute atomic E-state index is 11.2. The number of sulfonamides is 2. The van der Waals surface area contributed by atoms with Crippen LogP contribution in [0.2, 0.25) is 0 Å². The van der Waals surface area contributed by atoms with Crippen LogP contribution in [0.5, 0.6) is 0 Å². The lowest BCUT2D eigenvalue weighted by atomic mass is 10.2. The fraction of sp³-hybridized carbons (Fsp3) is 0.200. The molecule has 0 fully saturated rings. The molecule has 2 rings (SSSR count). The van der Waals surface area contributed by atoms with Gasteiger partial charge in [-0.25, -0.2) is 26.3 Å². The Kier molecular flexibility index (Phi) is 6.89. The van der Waals surface area contributed by atoms with Gasteiger partial charge in [0.25, 0.3) is 0 Å². The minimum absolute atomic E-state index is 0.294. The van der Waals surface area contributed by atoms with Crippen molar-refractivity contribution in [3.63, 3.8) is 0 Å². The number of hydrogen-bond donors (Lipinski definition) is 2. The molecule has 0 amide bonds. The molecule has 6 nitrogen and oxygen atoms in total. The van der Waals surface area contributed by atoms with E-state index in [0.717, 1.165) is 5.56 Å². The summed E-state index contributed by atoms with van der Waals surface area (Å²) in [5.41, 5.74) is 1.05. The topological polar surface area (TPSA) is 92.3 Å². The standard InChI is InChI=1S/C8H11NO2S.C7H9NO2S/c1-7-3-5-8(6-4-7)12(10,11)9-2;1-8-11(9,10)7-5-3-2-4-6-7/h3-6,9H,1-2H3;2-6,8H,1H3. The van der Waals surface area contributed by atoms with E-state index in [-0.39, 0.29) is 0 Å². The van der Waals surface area contributed by atoms with E-state index in [2.05, 4.69) is 9.44 Å². The van der Waals surface area contributed by atoms with Gasteiger partial charge in [-0.05, 0) is 45.3 Å². The number of nitrogens with one attached hydrogen (secondary N) is 2. The Hall–Kier alpha value is -1.74. The molecule has 0 aliphatic heterocycles. The van der Waals surface area contributed by atoms with Crippen molar-refractivity contribution < 1.29 is 16.8 Å². The molecule has 0 aliphatic carbocycles. The lowest BCUT2D eigenvalue weighted by Crippen LogP contribution is -2.18. The van der Waals surface area contributed by atoms with Crippen molar-refractivity contribution in [1.29, 1.82) is 0 Å². The highest BCUT2D eigenvalue weighted by Crippen LogP contribution is 2.08. The highest BCUT2D eigenvalue weighted by Gasteiger charge is 2.09. The summed E-state index contributed by atoms with van der Waals surface area (Å²) in [5.74, 6) is 0. The highest BCUT2D eigenvalue weighted by molar-refractivity contribution is 7.89. The molecule has 0 radical (unpaired) electrons. The molecule has 23 heavy (non-hydrogen) atoms. The molecule has 0 unspecified atom stereocenters. The largest absolute Gasteiger partial charge is 0.240 e. The van der Waals surface area contributed by atoms with Crippen molar-refractivity contribution >= 4 is 20.0 Å². The van der Waals surface area contributed by atoms with Gasteiger partial charge in [0.1, 0.15) is 0 Å². The number of aryl methyl sites for hydroxylation is 1. The molecule has 0 aliphatic rings. The van der Waals surface area contributed by atoms with E-state index in [4.69, 9.17) is 0 Å². The van der Waals surface area contributed by atoms with Crippen LogP contribution < -0.4 is 9.44 Å². The average Bonchev–Trinajstić information content (AvgIpc) is 2.56. The van der Waals surface area contributed by atoms with E-state index in [0.29, 0.717) is 9.79 Å². The van der Waals surface area contributed by atoms with Crippen LogP contribution in [0.15, 0.2) is 64.4 Å². The van der Waals surface area contributed by atoms with Gasteiger partial charge in [-0.15, -0.1) is 0 Å². The van der Waals surface area contributed by atoms with Crippen LogP contribution in [0.4, 0.5) is 0 Å². The average molecular weight is 356 g/mol. The maximum Gasteiger partial charge on any atom is 0.240 e. The molecule has 0 atom stereocenters. The summed E-state index contributed by atoms with van der Waals surface area (Å²) >= 11 is 0. The highest BCUT2D eigenvalue weighted by atomic mass is 32.2. The first kappa shape index (κ1) is 19.3. The lowest BCUT2D eigenvalue weighted by molar-refractivity contribution is 0.586. The van der Waals surface area contributed by atoms with E-state index < -0.39 is 20.0 Å². The van der Waals surface area contributed by atoms with Crippen molar-refractivity contribution in [1.82, 2.24) is 9.44 Å². The van der Waals surface area contributed by atoms with Crippen molar-refractivity contribution in [2.75, 3.05) is 14.1 Å². The van der Waals surface area contributed by atoms with Crippen molar-refractivity contribution in [3.05, 3.63) is 60.2 Å². The second kappa shape index (κ2) is 8.21. The molecule has 2 aromatic carbocycles. The molecule has 0 saturated carbocycles. The summed E-state index contributed by atoms with van der Waals surface area (Å²) in [6, 6.07) is 14.9. The normalized spacial score (nSPS) is 11.4. The SMILES string of the molecule is CNS(=O)(=O)c1ccc(C)cc1.CNS(=O)(=O)c1ccccc1. The van der Waals surface area contributed by atoms with Crippen LogP contribution in [0.3, 0.4) is 0 Å². The molecule has 0 aromatic heterocycles. The Labute approximate surface area is 137 Å². The Balaban J connectivity index is 0.000000231. The summed E-state index contributed by atoms with van der Waals surface area (Å²) in [7, 11) is -3.72. The quantitative estimate of drug-likeness (QED) is 0.868. The Bertz CT molecular complexity index is 816. The number of hydrogen-bond acceptors (Lipinski definition) is 4. The molecule has 8 heteroatoms. The minimum atomic E-state index is -3.26. The van der Waals surface area contributed by atoms with E-state index in [1.54, 1.807) is 54.6 Å². The zero-order valence-corrected chi connectivity index (χ0v) is 14.8. The monoisotopic (exact) mass is 356 g/mol. The zero-order chi connectivity index (χ0) is 17.5. The van der Waals surface area contributed by atoms with Gasteiger partial charge in [0.15, 0.2) is 0 Å². The van der Waals surface area contributed by atoms with Gasteiger partial charge in [0.2, 0.25) is 20.0 Å². The van der Waals surface area contributed by atoms with Gasteiger partial charge in [-0.1, -0.05) is 35.9 Å². The third-order valence-electron chi connectivity index (χ3n) is 2.92. The van der Waals surface area contributed by atoms with Gasteiger partial charge in [0.05, 0.1) is 9.79 Å². The Morgan fingerprint density at radius 3 is 1.43 bits per heavy atom. The first-order chi connectivity index (χ1) is 10.7. The maximum atomic E-state index is 11.2. The Morgan fingerprint density at radius 2 is 1.04 bits per heavy atom. The molecule has 0 bridgehead atoms. The summed E-state index contributed by atoms with van der Waals surface area (Å²) in [5, 5.41) is 0. The molecular formula is C15H20N2O4S2. The number of benzene rings is 2. The van der Waals surface area contributed by atoms with E-state index in [1.807, 2.05) is 6.92 Å². The van der Waals surface area contributed by atoms with Gasteiger partial charge < -0.3 is 0 Å². The van der Waals surface area contributed by atoms with Crippen LogP contribution in [0.1, 0.15) is 5.56 Å². The van der Waals surface area contributed by atoms with Crippen LogP contribution in [0.25, 0.3) is 0 Å². The molecule has 126 valence electrons. The number of rotatable bonds is 4. The minimum Gasteiger partial charge on any atom is -0.214 e. The second-order valence-corrected chi connectivity index (χ2v) is 8.31. The Morgan fingerprint density at radius 1 is 0.652 bits per heavy atom. The van der Waals surface area contributed by atoms with Gasteiger partial charge in [-0.2, -0.15) is 0 Å². The molecule has 0 spiro atoms. The van der Waals surface area contributed by atoms with E-state index in [1.165, 1.54) is 14.1 Å². The van der Waals surface area contributed by atoms with Crippen LogP contribution in [0, 0.1) is 6.92 Å². The molecule has 0 heterocycles. The zero-order valence-electron chi connectivity index (χ0n) is 13.1. The van der Waals surface area contributed by atoms with Crippen molar-refractivity contribution in [3.8, 4) is 0 Å². The summed E-state index contributed by atoms with van der Waals surface area (Å²) in [6.07, 6.45) is 0. The van der Waals surface area contributed by atoms with Crippen LogP contribution in [-0.2, 0) is 20.0 Å². The van der Waals surface area contributed by atoms with E-state index in [9.17, 15) is 16.8 Å². The predicted molar refractivity (Wildman–Crippen MR) is 90.1 cm³/mol. The lowest BCUT2D eigenvalue weighted by Gasteiger charge is -2.01.